The van der Waals surface area contributed by atoms with E-state index in [1.54, 1.807) is 6.07 Å². The number of carbonyl (C=O) groups is 1. The number of aromatic nitrogens is 1. The van der Waals surface area contributed by atoms with Gasteiger partial charge >= 0.3 is 0 Å². The summed E-state index contributed by atoms with van der Waals surface area (Å²) >= 11 is 0. The normalized spacial score (nSPS) is 10.3. The maximum Gasteiger partial charge on any atom is 0.229 e. The fourth-order valence-electron chi connectivity index (χ4n) is 1.70. The van der Waals surface area contributed by atoms with Gasteiger partial charge in [0.2, 0.25) is 5.91 Å². The molecule has 0 spiro atoms. The molecule has 98 valence electrons. The molecule has 0 radical (unpaired) electrons. The van der Waals surface area contributed by atoms with Crippen LogP contribution >= 0.6 is 0 Å². The number of halogens is 1. The van der Waals surface area contributed by atoms with Crippen molar-refractivity contribution in [1.82, 2.24) is 4.98 Å². The maximum atomic E-state index is 12.9. The Kier molecular flexibility index (Phi) is 3.84. The zero-order valence-electron chi connectivity index (χ0n) is 10.2. The van der Waals surface area contributed by atoms with Gasteiger partial charge in [-0.05, 0) is 24.3 Å². The fraction of sp³-hybridized carbons (Fsp3) is 0.0769. The van der Waals surface area contributed by atoms with Crippen molar-refractivity contribution in [2.24, 2.45) is 0 Å². The number of nitrogens with two attached hydrogens (primary N) is 1. The van der Waals surface area contributed by atoms with Crippen molar-refractivity contribution >= 4 is 23.1 Å². The second-order valence-electron chi connectivity index (χ2n) is 3.90. The highest BCUT2D eigenvalue weighted by atomic mass is 19.1. The van der Waals surface area contributed by atoms with E-state index in [2.05, 4.69) is 4.98 Å². The van der Waals surface area contributed by atoms with Gasteiger partial charge < -0.3 is 10.7 Å². The number of anilines is 2. The number of quaternary nitrogens is 1. The van der Waals surface area contributed by atoms with Gasteiger partial charge in [0.1, 0.15) is 17.3 Å². The largest absolute Gasteiger partial charge is 0.630 e. The quantitative estimate of drug-likeness (QED) is 0.853. The molecule has 0 aliphatic heterocycles. The highest BCUT2D eigenvalue weighted by molar-refractivity contribution is 5.98. The highest BCUT2D eigenvalue weighted by Gasteiger charge is 2.16. The summed E-state index contributed by atoms with van der Waals surface area (Å²) in [5.41, 5.74) is 1.58. The number of hydrogen-bond acceptors (Lipinski definition) is 3. The first kappa shape index (κ1) is 13.1. The number of benzene rings is 1. The van der Waals surface area contributed by atoms with Crippen LogP contribution in [0.1, 0.15) is 6.92 Å². The van der Waals surface area contributed by atoms with Crippen molar-refractivity contribution in [3.8, 4) is 0 Å². The summed E-state index contributed by atoms with van der Waals surface area (Å²) in [6, 6.07) is 8.51. The third-order valence-corrected chi connectivity index (χ3v) is 2.53. The van der Waals surface area contributed by atoms with E-state index in [9.17, 15) is 14.4 Å². The van der Waals surface area contributed by atoms with Crippen molar-refractivity contribution in [3.05, 3.63) is 53.6 Å². The molecule has 0 atom stereocenters. The SMILES string of the molecule is CC(=O)N(c1ccc(F)cc1)c1cc([NH2+][O-])ccn1. The Morgan fingerprint density at radius 1 is 1.32 bits per heavy atom. The van der Waals surface area contributed by atoms with Gasteiger partial charge in [0.25, 0.3) is 0 Å². The minimum atomic E-state index is -0.387. The van der Waals surface area contributed by atoms with E-state index in [0.29, 0.717) is 22.7 Å². The summed E-state index contributed by atoms with van der Waals surface area (Å²) in [4.78, 5) is 17.1. The maximum absolute atomic E-state index is 12.9. The van der Waals surface area contributed by atoms with Gasteiger partial charge in [0.15, 0.2) is 0 Å². The van der Waals surface area contributed by atoms with Crippen LogP contribution in [-0.4, -0.2) is 10.9 Å². The minimum absolute atomic E-state index is 0.276. The number of carbonyl (C=O) groups excluding carboxylic acids is 1. The average Bonchev–Trinajstić information content (AvgIpc) is 2.41. The molecule has 0 unspecified atom stereocenters. The predicted octanol–water partition coefficient (Wildman–Crippen LogP) is 1.60. The summed E-state index contributed by atoms with van der Waals surface area (Å²) < 4.78 is 12.9. The van der Waals surface area contributed by atoms with Crippen LogP contribution in [0.3, 0.4) is 0 Å². The van der Waals surface area contributed by atoms with E-state index < -0.39 is 0 Å². The molecule has 5 nitrogen and oxygen atoms in total. The Bertz CT molecular complexity index is 587. The number of amides is 1. The molecule has 2 aromatic rings. The molecule has 0 bridgehead atoms. The van der Waals surface area contributed by atoms with E-state index in [4.69, 9.17) is 0 Å². The van der Waals surface area contributed by atoms with Crippen LogP contribution < -0.4 is 10.4 Å². The summed E-state index contributed by atoms with van der Waals surface area (Å²) in [7, 11) is 0. The van der Waals surface area contributed by atoms with Crippen molar-refractivity contribution < 1.29 is 14.7 Å². The molecule has 0 saturated carbocycles. The molecular weight excluding hydrogens is 249 g/mol. The van der Waals surface area contributed by atoms with Gasteiger partial charge in [-0.25, -0.2) is 9.37 Å². The molecule has 2 N–H and O–H groups in total. The van der Waals surface area contributed by atoms with Crippen LogP contribution in [0.2, 0.25) is 0 Å². The Labute approximate surface area is 109 Å². The number of pyridine rings is 1. The summed E-state index contributed by atoms with van der Waals surface area (Å²) in [6.07, 6.45) is 1.44. The first-order valence-electron chi connectivity index (χ1n) is 5.59. The fourth-order valence-corrected chi connectivity index (χ4v) is 1.70. The summed E-state index contributed by atoms with van der Waals surface area (Å²) in [6.45, 7) is 1.37. The molecule has 2 rings (SSSR count). The van der Waals surface area contributed by atoms with E-state index in [1.165, 1.54) is 48.4 Å². The van der Waals surface area contributed by atoms with E-state index in [-0.39, 0.29) is 11.7 Å². The lowest BCUT2D eigenvalue weighted by Crippen LogP contribution is -2.70. The Balaban J connectivity index is 2.45. The second kappa shape index (κ2) is 5.55. The molecule has 6 heteroatoms. The second-order valence-corrected chi connectivity index (χ2v) is 3.90. The van der Waals surface area contributed by atoms with Crippen LogP contribution in [0, 0.1) is 11.0 Å². The van der Waals surface area contributed by atoms with Gasteiger partial charge in [0, 0.05) is 25.3 Å². The number of nitrogens with zero attached hydrogens (tertiary/aromatic N) is 2. The van der Waals surface area contributed by atoms with E-state index in [0.717, 1.165) is 0 Å². The smallest absolute Gasteiger partial charge is 0.229 e. The van der Waals surface area contributed by atoms with Gasteiger partial charge in [0.05, 0.1) is 5.69 Å². The molecular formula is C13H12FN3O2. The molecule has 0 aliphatic carbocycles. The van der Waals surface area contributed by atoms with Crippen LogP contribution in [0.4, 0.5) is 21.6 Å². The molecule has 0 saturated heterocycles. The Morgan fingerprint density at radius 3 is 2.58 bits per heavy atom. The first-order chi connectivity index (χ1) is 9.11. The van der Waals surface area contributed by atoms with E-state index in [1.807, 2.05) is 0 Å². The molecule has 1 heterocycles. The molecule has 19 heavy (non-hydrogen) atoms. The zero-order valence-corrected chi connectivity index (χ0v) is 10.2. The lowest BCUT2D eigenvalue weighted by Gasteiger charge is -2.20. The van der Waals surface area contributed by atoms with Crippen molar-refractivity contribution in [1.29, 1.82) is 0 Å². The Hall–Kier alpha value is -2.31. The monoisotopic (exact) mass is 261 g/mol. The first-order valence-corrected chi connectivity index (χ1v) is 5.59. The molecule has 1 amide bonds. The van der Waals surface area contributed by atoms with Gasteiger partial charge in [-0.1, -0.05) is 0 Å². The predicted molar refractivity (Wildman–Crippen MR) is 68.4 cm³/mol. The van der Waals surface area contributed by atoms with Gasteiger partial charge in [-0.2, -0.15) is 0 Å². The summed E-state index contributed by atoms with van der Waals surface area (Å²) in [5, 5.41) is 10.8. The Morgan fingerprint density at radius 2 is 2.00 bits per heavy atom. The minimum Gasteiger partial charge on any atom is -0.630 e. The van der Waals surface area contributed by atoms with Gasteiger partial charge in [-0.3, -0.25) is 9.69 Å². The van der Waals surface area contributed by atoms with Gasteiger partial charge in [-0.15, -0.1) is 0 Å². The third-order valence-electron chi connectivity index (χ3n) is 2.53. The standard InChI is InChI=1S/C13H12FN3O2/c1-9(18)17(12-4-2-10(14)3-5-12)13-8-11(16-19)6-7-15-13/h2-8H,16H2,1H3. The van der Waals surface area contributed by atoms with Crippen LogP contribution in [0.15, 0.2) is 42.6 Å². The zero-order chi connectivity index (χ0) is 13.8. The molecule has 0 fully saturated rings. The lowest BCUT2D eigenvalue weighted by atomic mass is 10.2. The molecule has 1 aromatic heterocycles. The molecule has 0 aliphatic rings. The molecule has 1 aromatic carbocycles. The van der Waals surface area contributed by atoms with Crippen molar-refractivity contribution in [2.45, 2.75) is 6.92 Å². The highest BCUT2D eigenvalue weighted by Crippen LogP contribution is 2.24. The third kappa shape index (κ3) is 2.93. The van der Waals surface area contributed by atoms with Crippen LogP contribution in [-0.2, 0) is 4.79 Å². The van der Waals surface area contributed by atoms with E-state index >= 15 is 0 Å². The van der Waals surface area contributed by atoms with Crippen molar-refractivity contribution in [3.63, 3.8) is 0 Å². The van der Waals surface area contributed by atoms with Crippen molar-refractivity contribution in [2.75, 3.05) is 4.90 Å². The average molecular weight is 261 g/mol. The van der Waals surface area contributed by atoms with Crippen LogP contribution in [0.5, 0.6) is 0 Å². The summed E-state index contributed by atoms with van der Waals surface area (Å²) in [5.74, 6) is -0.340. The number of hydrogen-bond donors (Lipinski definition) is 1. The lowest BCUT2D eigenvalue weighted by molar-refractivity contribution is -0.497. The van der Waals surface area contributed by atoms with Crippen LogP contribution in [0.25, 0.3) is 0 Å². The topological polar surface area (TPSA) is 72.9 Å². The number of rotatable bonds is 3.